The third-order valence-electron chi connectivity index (χ3n) is 3.89. The second-order valence-corrected chi connectivity index (χ2v) is 5.80. The maximum atomic E-state index is 10.7. The Hall–Kier alpha value is -0.610. The van der Waals surface area contributed by atoms with Crippen molar-refractivity contribution in [2.45, 2.75) is 58.4 Å². The van der Waals surface area contributed by atoms with Crippen LogP contribution in [0.15, 0.2) is 0 Å². The quantitative estimate of drug-likeness (QED) is 0.675. The van der Waals surface area contributed by atoms with E-state index in [1.165, 1.54) is 12.8 Å². The van der Waals surface area contributed by atoms with Gasteiger partial charge >= 0.3 is 5.97 Å². The van der Waals surface area contributed by atoms with E-state index in [0.29, 0.717) is 18.4 Å². The lowest BCUT2D eigenvalue weighted by Gasteiger charge is -2.38. The van der Waals surface area contributed by atoms with Crippen LogP contribution in [0.4, 0.5) is 0 Å². The lowest BCUT2D eigenvalue weighted by Crippen LogP contribution is -2.49. The van der Waals surface area contributed by atoms with Gasteiger partial charge in [0.15, 0.2) is 0 Å². The monoisotopic (exact) mass is 270 g/mol. The zero-order valence-electron chi connectivity index (χ0n) is 12.5. The summed E-state index contributed by atoms with van der Waals surface area (Å²) in [6, 6.07) is 0.546. The molecular formula is C15H30N2O2. The summed E-state index contributed by atoms with van der Waals surface area (Å²) >= 11 is 0. The maximum absolute atomic E-state index is 10.7. The topological polar surface area (TPSA) is 52.6 Å². The summed E-state index contributed by atoms with van der Waals surface area (Å²) in [6.07, 6.45) is 5.89. The van der Waals surface area contributed by atoms with Gasteiger partial charge < -0.3 is 15.3 Å². The molecule has 1 heterocycles. The van der Waals surface area contributed by atoms with Crippen molar-refractivity contribution in [3.8, 4) is 0 Å². The third kappa shape index (κ3) is 6.92. The zero-order valence-corrected chi connectivity index (χ0v) is 12.5. The molecule has 0 aromatic heterocycles. The molecule has 1 rings (SSSR count). The molecule has 0 bridgehead atoms. The first kappa shape index (κ1) is 16.4. The molecule has 0 saturated carbocycles. The molecule has 0 aromatic carbocycles. The number of piperidine rings is 1. The fraction of sp³-hybridized carbons (Fsp3) is 0.933. The van der Waals surface area contributed by atoms with Crippen molar-refractivity contribution in [2.75, 3.05) is 26.2 Å². The number of likely N-dealkylation sites (tertiary alicyclic amines) is 1. The zero-order chi connectivity index (χ0) is 14.1. The molecule has 0 aromatic rings. The van der Waals surface area contributed by atoms with Crippen LogP contribution in [0.25, 0.3) is 0 Å². The van der Waals surface area contributed by atoms with Crippen LogP contribution >= 0.6 is 0 Å². The Morgan fingerprint density at radius 3 is 2.74 bits per heavy atom. The van der Waals surface area contributed by atoms with Gasteiger partial charge in [-0.15, -0.1) is 0 Å². The van der Waals surface area contributed by atoms with E-state index in [4.69, 9.17) is 5.11 Å². The van der Waals surface area contributed by atoms with E-state index in [-0.39, 0.29) is 0 Å². The molecule has 112 valence electrons. The number of hydrogen-bond donors (Lipinski definition) is 2. The fourth-order valence-corrected chi connectivity index (χ4v) is 2.90. The Labute approximate surface area is 117 Å². The molecule has 1 aliphatic heterocycles. The van der Waals surface area contributed by atoms with Gasteiger partial charge in [0, 0.05) is 25.6 Å². The molecule has 1 fully saturated rings. The second-order valence-electron chi connectivity index (χ2n) is 5.80. The van der Waals surface area contributed by atoms with Crippen LogP contribution in [0, 0.1) is 5.92 Å². The van der Waals surface area contributed by atoms with Gasteiger partial charge in [0.05, 0.1) is 0 Å². The SMILES string of the molecule is CCCCN1CC(CCC(=O)O)CC(NCCC)C1. The molecule has 1 saturated heterocycles. The summed E-state index contributed by atoms with van der Waals surface area (Å²) in [5.41, 5.74) is 0. The number of carboxylic acids is 1. The first-order valence-corrected chi connectivity index (χ1v) is 7.83. The van der Waals surface area contributed by atoms with Crippen LogP contribution in [0.2, 0.25) is 0 Å². The lowest BCUT2D eigenvalue weighted by atomic mass is 9.90. The number of nitrogens with zero attached hydrogens (tertiary/aromatic N) is 1. The highest BCUT2D eigenvalue weighted by molar-refractivity contribution is 5.66. The van der Waals surface area contributed by atoms with E-state index in [2.05, 4.69) is 24.1 Å². The predicted octanol–water partition coefficient (Wildman–Crippen LogP) is 2.34. The Morgan fingerprint density at radius 2 is 2.11 bits per heavy atom. The molecule has 2 N–H and O–H groups in total. The van der Waals surface area contributed by atoms with Crippen LogP contribution in [-0.2, 0) is 4.79 Å². The normalized spacial score (nSPS) is 24.5. The Kier molecular flexibility index (Phi) is 8.07. The van der Waals surface area contributed by atoms with Crippen molar-refractivity contribution in [2.24, 2.45) is 5.92 Å². The molecule has 4 heteroatoms. The molecular weight excluding hydrogens is 240 g/mol. The van der Waals surface area contributed by atoms with E-state index >= 15 is 0 Å². The molecule has 0 amide bonds. The Bertz CT molecular complexity index is 243. The molecule has 0 aliphatic carbocycles. The largest absolute Gasteiger partial charge is 0.481 e. The summed E-state index contributed by atoms with van der Waals surface area (Å²) in [7, 11) is 0. The summed E-state index contributed by atoms with van der Waals surface area (Å²) in [4.78, 5) is 13.2. The summed E-state index contributed by atoms with van der Waals surface area (Å²) in [6.45, 7) is 8.84. The van der Waals surface area contributed by atoms with Gasteiger partial charge in [0.1, 0.15) is 0 Å². The maximum Gasteiger partial charge on any atom is 0.303 e. The summed E-state index contributed by atoms with van der Waals surface area (Å²) in [5, 5.41) is 12.4. The van der Waals surface area contributed by atoms with E-state index in [0.717, 1.165) is 45.4 Å². The first-order valence-electron chi connectivity index (χ1n) is 7.83. The van der Waals surface area contributed by atoms with Gasteiger partial charge in [0.2, 0.25) is 0 Å². The minimum atomic E-state index is -0.663. The number of nitrogens with one attached hydrogen (secondary N) is 1. The highest BCUT2D eigenvalue weighted by atomic mass is 16.4. The minimum absolute atomic E-state index is 0.312. The van der Waals surface area contributed by atoms with E-state index in [9.17, 15) is 4.79 Å². The average molecular weight is 270 g/mol. The van der Waals surface area contributed by atoms with Gasteiger partial charge in [-0.25, -0.2) is 0 Å². The molecule has 19 heavy (non-hydrogen) atoms. The minimum Gasteiger partial charge on any atom is -0.481 e. The fourth-order valence-electron chi connectivity index (χ4n) is 2.90. The highest BCUT2D eigenvalue weighted by Crippen LogP contribution is 2.22. The molecule has 1 aliphatic rings. The van der Waals surface area contributed by atoms with Gasteiger partial charge in [-0.1, -0.05) is 20.3 Å². The molecule has 0 spiro atoms. The Balaban J connectivity index is 2.43. The van der Waals surface area contributed by atoms with Crippen LogP contribution < -0.4 is 5.32 Å². The second kappa shape index (κ2) is 9.32. The number of carboxylic acid groups (broad SMARTS) is 1. The van der Waals surface area contributed by atoms with Gasteiger partial charge in [0.25, 0.3) is 0 Å². The molecule has 2 unspecified atom stereocenters. The average Bonchev–Trinajstić information content (AvgIpc) is 2.40. The predicted molar refractivity (Wildman–Crippen MR) is 78.4 cm³/mol. The van der Waals surface area contributed by atoms with Crippen molar-refractivity contribution in [1.29, 1.82) is 0 Å². The smallest absolute Gasteiger partial charge is 0.303 e. The van der Waals surface area contributed by atoms with Crippen molar-refractivity contribution in [1.82, 2.24) is 10.2 Å². The van der Waals surface area contributed by atoms with Crippen molar-refractivity contribution < 1.29 is 9.90 Å². The number of hydrogen-bond acceptors (Lipinski definition) is 3. The van der Waals surface area contributed by atoms with Gasteiger partial charge in [-0.2, -0.15) is 0 Å². The molecule has 4 nitrogen and oxygen atoms in total. The van der Waals surface area contributed by atoms with E-state index < -0.39 is 5.97 Å². The number of rotatable bonds is 9. The standard InChI is InChI=1S/C15H30N2O2/c1-3-5-9-17-11-13(6-7-15(18)19)10-14(12-17)16-8-4-2/h13-14,16H,3-12H2,1-2H3,(H,18,19). The van der Waals surface area contributed by atoms with Crippen LogP contribution in [0.1, 0.15) is 52.4 Å². The number of aliphatic carboxylic acids is 1. The lowest BCUT2D eigenvalue weighted by molar-refractivity contribution is -0.137. The van der Waals surface area contributed by atoms with Crippen molar-refractivity contribution >= 4 is 5.97 Å². The molecule has 0 radical (unpaired) electrons. The van der Waals surface area contributed by atoms with Crippen molar-refractivity contribution in [3.05, 3.63) is 0 Å². The van der Waals surface area contributed by atoms with Gasteiger partial charge in [-0.05, 0) is 44.7 Å². The Morgan fingerprint density at radius 1 is 1.32 bits per heavy atom. The highest BCUT2D eigenvalue weighted by Gasteiger charge is 2.26. The number of carbonyl (C=O) groups is 1. The number of unbranched alkanes of at least 4 members (excludes halogenated alkanes) is 1. The van der Waals surface area contributed by atoms with Crippen molar-refractivity contribution in [3.63, 3.8) is 0 Å². The van der Waals surface area contributed by atoms with E-state index in [1.807, 2.05) is 0 Å². The van der Waals surface area contributed by atoms with Crippen LogP contribution in [-0.4, -0.2) is 48.2 Å². The third-order valence-corrected chi connectivity index (χ3v) is 3.89. The van der Waals surface area contributed by atoms with Crippen LogP contribution in [0.5, 0.6) is 0 Å². The van der Waals surface area contributed by atoms with Crippen LogP contribution in [0.3, 0.4) is 0 Å². The van der Waals surface area contributed by atoms with Gasteiger partial charge in [-0.3, -0.25) is 4.79 Å². The van der Waals surface area contributed by atoms with E-state index in [1.54, 1.807) is 0 Å². The summed E-state index contributed by atoms with van der Waals surface area (Å²) < 4.78 is 0. The summed E-state index contributed by atoms with van der Waals surface area (Å²) in [5.74, 6) is -0.125. The molecule has 2 atom stereocenters. The first-order chi connectivity index (χ1) is 9.15.